The van der Waals surface area contributed by atoms with Crippen LogP contribution in [-0.2, 0) is 13.0 Å². The summed E-state index contributed by atoms with van der Waals surface area (Å²) in [6, 6.07) is 16.3. The smallest absolute Gasteiger partial charge is 0.117 e. The van der Waals surface area contributed by atoms with E-state index in [1.54, 1.807) is 0 Å². The van der Waals surface area contributed by atoms with E-state index in [0.717, 1.165) is 35.7 Å². The van der Waals surface area contributed by atoms with Gasteiger partial charge in [-0.3, -0.25) is 4.98 Å². The van der Waals surface area contributed by atoms with Gasteiger partial charge in [0.15, 0.2) is 0 Å². The summed E-state index contributed by atoms with van der Waals surface area (Å²) in [4.78, 5) is 4.65. The van der Waals surface area contributed by atoms with Crippen LogP contribution in [0.3, 0.4) is 0 Å². The van der Waals surface area contributed by atoms with E-state index in [4.69, 9.17) is 4.42 Å². The molecule has 96 valence electrons. The molecular weight excluding hydrogens is 236 g/mol. The van der Waals surface area contributed by atoms with Gasteiger partial charge in [-0.05, 0) is 31.3 Å². The van der Waals surface area contributed by atoms with Crippen molar-refractivity contribution in [3.63, 3.8) is 0 Å². The molecule has 0 saturated carbocycles. The molecule has 19 heavy (non-hydrogen) atoms. The van der Waals surface area contributed by atoms with E-state index in [1.807, 2.05) is 37.4 Å². The highest BCUT2D eigenvalue weighted by molar-refractivity contribution is 5.78. The highest BCUT2D eigenvalue weighted by atomic mass is 16.3. The number of hydrogen-bond donors (Lipinski definition) is 1. The molecule has 3 nitrogen and oxygen atoms in total. The Morgan fingerprint density at radius 2 is 1.84 bits per heavy atom. The Labute approximate surface area is 112 Å². The third kappa shape index (κ3) is 2.66. The van der Waals surface area contributed by atoms with Crippen LogP contribution in [0.2, 0.25) is 0 Å². The Hall–Kier alpha value is -2.13. The molecule has 1 N–H and O–H groups in total. The van der Waals surface area contributed by atoms with Gasteiger partial charge in [-0.1, -0.05) is 24.3 Å². The van der Waals surface area contributed by atoms with E-state index in [0.29, 0.717) is 0 Å². The fourth-order valence-electron chi connectivity index (χ4n) is 2.17. The predicted octanol–water partition coefficient (Wildman–Crippen LogP) is 3.14. The number of aromatic nitrogens is 1. The molecule has 3 heteroatoms. The molecule has 3 aromatic rings. The van der Waals surface area contributed by atoms with Crippen LogP contribution in [-0.4, -0.2) is 12.0 Å². The fourth-order valence-corrected chi connectivity index (χ4v) is 2.17. The van der Waals surface area contributed by atoms with Crippen molar-refractivity contribution in [2.24, 2.45) is 0 Å². The first-order valence-electron chi connectivity index (χ1n) is 6.42. The molecular formula is C16H16N2O. The molecule has 0 aliphatic heterocycles. The van der Waals surface area contributed by atoms with Crippen molar-refractivity contribution >= 4 is 10.9 Å². The second-order valence-electron chi connectivity index (χ2n) is 4.57. The van der Waals surface area contributed by atoms with Crippen molar-refractivity contribution in [1.29, 1.82) is 0 Å². The summed E-state index contributed by atoms with van der Waals surface area (Å²) in [7, 11) is 1.91. The monoisotopic (exact) mass is 252 g/mol. The molecule has 0 aliphatic carbocycles. The number of benzene rings is 1. The molecule has 0 atom stereocenters. The lowest BCUT2D eigenvalue weighted by atomic mass is 10.1. The van der Waals surface area contributed by atoms with Gasteiger partial charge in [-0.15, -0.1) is 0 Å². The summed E-state index contributed by atoms with van der Waals surface area (Å²) >= 11 is 0. The lowest BCUT2D eigenvalue weighted by molar-refractivity contribution is 0.461. The van der Waals surface area contributed by atoms with Gasteiger partial charge in [0.1, 0.15) is 11.5 Å². The van der Waals surface area contributed by atoms with Crippen LogP contribution in [0.4, 0.5) is 0 Å². The summed E-state index contributed by atoms with van der Waals surface area (Å²) in [5.41, 5.74) is 2.06. The summed E-state index contributed by atoms with van der Waals surface area (Å²) in [5.74, 6) is 1.91. The standard InChI is InChI=1S/C16H16N2O/c1-17-11-15-9-8-14(19-15)10-13-7-6-12-4-2-3-5-16(12)18-13/h2-9,17H,10-11H2,1H3. The quantitative estimate of drug-likeness (QED) is 0.775. The first kappa shape index (κ1) is 11.9. The number of nitrogens with one attached hydrogen (secondary N) is 1. The topological polar surface area (TPSA) is 38.1 Å². The summed E-state index contributed by atoms with van der Waals surface area (Å²) in [6.45, 7) is 0.755. The molecule has 2 aromatic heterocycles. The molecule has 0 bridgehead atoms. The lowest BCUT2D eigenvalue weighted by Crippen LogP contribution is -2.03. The molecule has 0 radical (unpaired) electrons. The van der Waals surface area contributed by atoms with Gasteiger partial charge in [-0.2, -0.15) is 0 Å². The fraction of sp³-hybridized carbons (Fsp3) is 0.188. The van der Waals surface area contributed by atoms with Crippen molar-refractivity contribution in [3.8, 4) is 0 Å². The third-order valence-corrected chi connectivity index (χ3v) is 3.08. The average Bonchev–Trinajstić information content (AvgIpc) is 2.86. The highest BCUT2D eigenvalue weighted by Crippen LogP contribution is 2.16. The number of hydrogen-bond acceptors (Lipinski definition) is 3. The van der Waals surface area contributed by atoms with Crippen molar-refractivity contribution in [1.82, 2.24) is 10.3 Å². The van der Waals surface area contributed by atoms with Gasteiger partial charge >= 0.3 is 0 Å². The van der Waals surface area contributed by atoms with E-state index < -0.39 is 0 Å². The predicted molar refractivity (Wildman–Crippen MR) is 76.0 cm³/mol. The van der Waals surface area contributed by atoms with Crippen LogP contribution in [0.25, 0.3) is 10.9 Å². The summed E-state index contributed by atoms with van der Waals surface area (Å²) in [5, 5.41) is 4.24. The Balaban J connectivity index is 1.83. The average molecular weight is 252 g/mol. The maximum Gasteiger partial charge on any atom is 0.117 e. The van der Waals surface area contributed by atoms with Gasteiger partial charge in [0.05, 0.1) is 12.1 Å². The first-order valence-corrected chi connectivity index (χ1v) is 6.42. The molecule has 3 rings (SSSR count). The number of nitrogens with zero attached hydrogens (tertiary/aromatic N) is 1. The molecule has 0 spiro atoms. The Kier molecular flexibility index (Phi) is 3.29. The second-order valence-corrected chi connectivity index (χ2v) is 4.57. The second kappa shape index (κ2) is 5.24. The van der Waals surface area contributed by atoms with Crippen LogP contribution in [0, 0.1) is 0 Å². The SMILES string of the molecule is CNCc1ccc(Cc2ccc3ccccc3n2)o1. The summed E-state index contributed by atoms with van der Waals surface area (Å²) < 4.78 is 5.74. The van der Waals surface area contributed by atoms with Crippen molar-refractivity contribution in [2.45, 2.75) is 13.0 Å². The van der Waals surface area contributed by atoms with Gasteiger partial charge in [0.2, 0.25) is 0 Å². The summed E-state index contributed by atoms with van der Waals surface area (Å²) in [6.07, 6.45) is 0.731. The molecule has 2 heterocycles. The van der Waals surface area contributed by atoms with Crippen molar-refractivity contribution in [2.75, 3.05) is 7.05 Å². The molecule has 0 aliphatic rings. The molecule has 1 aromatic carbocycles. The zero-order chi connectivity index (χ0) is 13.1. The van der Waals surface area contributed by atoms with E-state index in [2.05, 4.69) is 28.5 Å². The minimum absolute atomic E-state index is 0.731. The van der Waals surface area contributed by atoms with Gasteiger partial charge in [0.25, 0.3) is 0 Å². The molecule has 0 saturated heterocycles. The van der Waals surface area contributed by atoms with E-state index in [-0.39, 0.29) is 0 Å². The lowest BCUT2D eigenvalue weighted by Gasteiger charge is -2.01. The van der Waals surface area contributed by atoms with Crippen molar-refractivity contribution < 1.29 is 4.42 Å². The Bertz CT molecular complexity index is 688. The zero-order valence-electron chi connectivity index (χ0n) is 10.9. The minimum atomic E-state index is 0.731. The van der Waals surface area contributed by atoms with Crippen LogP contribution >= 0.6 is 0 Å². The third-order valence-electron chi connectivity index (χ3n) is 3.08. The number of pyridine rings is 1. The van der Waals surface area contributed by atoms with Crippen LogP contribution in [0.5, 0.6) is 0 Å². The van der Waals surface area contributed by atoms with E-state index in [9.17, 15) is 0 Å². The molecule has 0 unspecified atom stereocenters. The van der Waals surface area contributed by atoms with Gasteiger partial charge < -0.3 is 9.73 Å². The number of rotatable bonds is 4. The zero-order valence-corrected chi connectivity index (χ0v) is 10.9. The Morgan fingerprint density at radius 3 is 2.74 bits per heavy atom. The number of fused-ring (bicyclic) bond motifs is 1. The van der Waals surface area contributed by atoms with E-state index >= 15 is 0 Å². The first-order chi connectivity index (χ1) is 9.35. The molecule has 0 amide bonds. The van der Waals surface area contributed by atoms with Crippen LogP contribution in [0.15, 0.2) is 52.9 Å². The molecule has 0 fully saturated rings. The highest BCUT2D eigenvalue weighted by Gasteiger charge is 2.04. The Morgan fingerprint density at radius 1 is 1.00 bits per heavy atom. The van der Waals surface area contributed by atoms with Crippen LogP contribution < -0.4 is 5.32 Å². The number of furan rings is 1. The van der Waals surface area contributed by atoms with Crippen molar-refractivity contribution in [3.05, 3.63) is 65.7 Å². The van der Waals surface area contributed by atoms with E-state index in [1.165, 1.54) is 5.39 Å². The normalized spacial score (nSPS) is 11.0. The van der Waals surface area contributed by atoms with Gasteiger partial charge in [0, 0.05) is 17.5 Å². The number of para-hydroxylation sites is 1. The minimum Gasteiger partial charge on any atom is -0.464 e. The largest absolute Gasteiger partial charge is 0.464 e. The maximum atomic E-state index is 5.74. The van der Waals surface area contributed by atoms with Crippen LogP contribution in [0.1, 0.15) is 17.2 Å². The van der Waals surface area contributed by atoms with Gasteiger partial charge in [-0.25, -0.2) is 0 Å². The maximum absolute atomic E-state index is 5.74.